The Kier molecular flexibility index (Phi) is 7.22. The first-order valence-corrected chi connectivity index (χ1v) is 11.3. The Labute approximate surface area is 200 Å². The number of halogens is 1. The molecule has 33 heavy (non-hydrogen) atoms. The van der Waals surface area contributed by atoms with E-state index in [2.05, 4.69) is 31.5 Å². The van der Waals surface area contributed by atoms with Gasteiger partial charge < -0.3 is 20.4 Å². The SMILES string of the molecule is COC(=O)[C@H](Cc1c[nH]c2ccccc12)NCc1ccc(NC(=O)c2ccc(Br)cc2)cc1. The summed E-state index contributed by atoms with van der Waals surface area (Å²) >= 11 is 3.37. The predicted molar refractivity (Wildman–Crippen MR) is 133 cm³/mol. The van der Waals surface area contributed by atoms with Crippen LogP contribution in [-0.2, 0) is 22.5 Å². The van der Waals surface area contributed by atoms with Crippen LogP contribution in [0.4, 0.5) is 5.69 Å². The number of para-hydroxylation sites is 1. The van der Waals surface area contributed by atoms with Crippen LogP contribution < -0.4 is 10.6 Å². The van der Waals surface area contributed by atoms with Crippen molar-refractivity contribution in [2.75, 3.05) is 12.4 Å². The molecule has 0 fully saturated rings. The number of esters is 1. The van der Waals surface area contributed by atoms with Gasteiger partial charge in [0.1, 0.15) is 6.04 Å². The van der Waals surface area contributed by atoms with E-state index in [4.69, 9.17) is 4.74 Å². The molecule has 0 saturated carbocycles. The summed E-state index contributed by atoms with van der Waals surface area (Å²) in [6.45, 7) is 0.489. The van der Waals surface area contributed by atoms with Crippen molar-refractivity contribution in [3.05, 3.63) is 100 Å². The Balaban J connectivity index is 1.38. The minimum absolute atomic E-state index is 0.169. The maximum absolute atomic E-state index is 12.4. The molecule has 0 aliphatic rings. The second kappa shape index (κ2) is 10.5. The van der Waals surface area contributed by atoms with Gasteiger partial charge in [0, 0.05) is 45.8 Å². The van der Waals surface area contributed by atoms with Crippen LogP contribution in [0, 0.1) is 0 Å². The van der Waals surface area contributed by atoms with Gasteiger partial charge in [-0.1, -0.05) is 46.3 Å². The van der Waals surface area contributed by atoms with E-state index >= 15 is 0 Å². The van der Waals surface area contributed by atoms with E-state index in [0.717, 1.165) is 26.5 Å². The number of methoxy groups -OCH3 is 1. The van der Waals surface area contributed by atoms with Gasteiger partial charge in [-0.3, -0.25) is 9.59 Å². The molecule has 4 rings (SSSR count). The highest BCUT2D eigenvalue weighted by molar-refractivity contribution is 9.10. The van der Waals surface area contributed by atoms with Crippen molar-refractivity contribution >= 4 is 44.4 Å². The Morgan fingerprint density at radius 3 is 2.45 bits per heavy atom. The molecule has 3 N–H and O–H groups in total. The second-order valence-electron chi connectivity index (χ2n) is 7.68. The van der Waals surface area contributed by atoms with Crippen LogP contribution in [-0.4, -0.2) is 30.0 Å². The quantitative estimate of drug-likeness (QED) is 0.292. The summed E-state index contributed by atoms with van der Waals surface area (Å²) < 4.78 is 5.93. The normalized spacial score (nSPS) is 11.8. The third-order valence-corrected chi connectivity index (χ3v) is 5.98. The van der Waals surface area contributed by atoms with Gasteiger partial charge >= 0.3 is 5.97 Å². The van der Waals surface area contributed by atoms with Crippen LogP contribution in [0.1, 0.15) is 21.5 Å². The molecule has 168 valence electrons. The molecule has 0 unspecified atom stereocenters. The van der Waals surface area contributed by atoms with Crippen molar-refractivity contribution in [1.82, 2.24) is 10.3 Å². The van der Waals surface area contributed by atoms with Gasteiger partial charge in [-0.2, -0.15) is 0 Å². The van der Waals surface area contributed by atoms with Gasteiger partial charge in [0.15, 0.2) is 0 Å². The Bertz CT molecular complexity index is 1250. The molecular weight excluding hydrogens is 482 g/mol. The second-order valence-corrected chi connectivity index (χ2v) is 8.59. The van der Waals surface area contributed by atoms with Gasteiger partial charge in [-0.15, -0.1) is 0 Å². The van der Waals surface area contributed by atoms with Crippen molar-refractivity contribution < 1.29 is 14.3 Å². The van der Waals surface area contributed by atoms with Crippen LogP contribution in [0.5, 0.6) is 0 Å². The molecule has 0 spiro atoms. The fraction of sp³-hybridized carbons (Fsp3) is 0.154. The highest BCUT2D eigenvalue weighted by atomic mass is 79.9. The van der Waals surface area contributed by atoms with Gasteiger partial charge in [0.25, 0.3) is 5.91 Å². The number of benzene rings is 3. The zero-order valence-electron chi connectivity index (χ0n) is 18.1. The number of rotatable bonds is 8. The first-order chi connectivity index (χ1) is 16.0. The highest BCUT2D eigenvalue weighted by Crippen LogP contribution is 2.20. The molecule has 1 amide bonds. The van der Waals surface area contributed by atoms with Gasteiger partial charge in [-0.25, -0.2) is 0 Å². The lowest BCUT2D eigenvalue weighted by atomic mass is 10.0. The molecule has 4 aromatic rings. The van der Waals surface area contributed by atoms with E-state index in [-0.39, 0.29) is 11.9 Å². The molecule has 1 heterocycles. The number of carbonyl (C=O) groups excluding carboxylic acids is 2. The number of hydrogen-bond acceptors (Lipinski definition) is 4. The lowest BCUT2D eigenvalue weighted by Crippen LogP contribution is -2.39. The van der Waals surface area contributed by atoms with Crippen molar-refractivity contribution in [2.24, 2.45) is 0 Å². The molecular formula is C26H24BrN3O3. The summed E-state index contributed by atoms with van der Waals surface area (Å²) in [4.78, 5) is 28.0. The Hall–Kier alpha value is -3.42. The third-order valence-electron chi connectivity index (χ3n) is 5.46. The summed E-state index contributed by atoms with van der Waals surface area (Å²) in [5.41, 5.74) is 4.37. The number of ether oxygens (including phenoxy) is 1. The van der Waals surface area contributed by atoms with E-state index in [1.54, 1.807) is 12.1 Å². The molecule has 0 saturated heterocycles. The maximum Gasteiger partial charge on any atom is 0.323 e. The molecule has 0 radical (unpaired) electrons. The molecule has 1 atom stereocenters. The number of amides is 1. The van der Waals surface area contributed by atoms with Crippen molar-refractivity contribution in [3.63, 3.8) is 0 Å². The number of aromatic amines is 1. The molecule has 7 heteroatoms. The van der Waals surface area contributed by atoms with Crippen LogP contribution in [0.3, 0.4) is 0 Å². The minimum atomic E-state index is -0.481. The minimum Gasteiger partial charge on any atom is -0.468 e. The number of aromatic nitrogens is 1. The molecule has 0 bridgehead atoms. The molecule has 6 nitrogen and oxygen atoms in total. The first kappa shape index (κ1) is 22.8. The first-order valence-electron chi connectivity index (χ1n) is 10.6. The molecule has 0 aliphatic carbocycles. The summed E-state index contributed by atoms with van der Waals surface area (Å²) in [7, 11) is 1.40. The summed E-state index contributed by atoms with van der Waals surface area (Å²) in [5.74, 6) is -0.475. The van der Waals surface area contributed by atoms with Gasteiger partial charge in [-0.05, 0) is 53.6 Å². The van der Waals surface area contributed by atoms with E-state index in [1.165, 1.54) is 7.11 Å². The third kappa shape index (κ3) is 5.69. The maximum atomic E-state index is 12.4. The topological polar surface area (TPSA) is 83.2 Å². The number of H-pyrrole nitrogens is 1. The lowest BCUT2D eigenvalue weighted by molar-refractivity contribution is -0.143. The van der Waals surface area contributed by atoms with E-state index in [9.17, 15) is 9.59 Å². The number of hydrogen-bond donors (Lipinski definition) is 3. The lowest BCUT2D eigenvalue weighted by Gasteiger charge is -2.16. The fourth-order valence-corrected chi connectivity index (χ4v) is 3.92. The average molecular weight is 506 g/mol. The van der Waals surface area contributed by atoms with Crippen LogP contribution in [0.2, 0.25) is 0 Å². The molecule has 3 aromatic carbocycles. The molecule has 0 aliphatic heterocycles. The van der Waals surface area contributed by atoms with Gasteiger partial charge in [0.2, 0.25) is 0 Å². The van der Waals surface area contributed by atoms with Crippen LogP contribution in [0.15, 0.2) is 83.5 Å². The number of anilines is 1. The van der Waals surface area contributed by atoms with Gasteiger partial charge in [0.05, 0.1) is 7.11 Å². The fourth-order valence-electron chi connectivity index (χ4n) is 3.65. The van der Waals surface area contributed by atoms with E-state index < -0.39 is 6.04 Å². The zero-order valence-corrected chi connectivity index (χ0v) is 19.7. The average Bonchev–Trinajstić information content (AvgIpc) is 3.25. The number of fused-ring (bicyclic) bond motifs is 1. The standard InChI is InChI=1S/C26H24BrN3O3/c1-33-26(32)24(14-19-16-29-23-5-3-2-4-22(19)23)28-15-17-6-12-21(13-7-17)30-25(31)18-8-10-20(27)11-9-18/h2-13,16,24,28-29H,14-15H2,1H3,(H,30,31)/t24-/m0/s1. The van der Waals surface area contributed by atoms with Crippen LogP contribution in [0.25, 0.3) is 10.9 Å². The van der Waals surface area contributed by atoms with Crippen molar-refractivity contribution in [1.29, 1.82) is 0 Å². The number of nitrogens with one attached hydrogen (secondary N) is 3. The predicted octanol–water partition coefficient (Wildman–Crippen LogP) is 5.06. The Morgan fingerprint density at radius 2 is 1.73 bits per heavy atom. The van der Waals surface area contributed by atoms with Crippen LogP contribution >= 0.6 is 15.9 Å². The number of carbonyl (C=O) groups is 2. The van der Waals surface area contributed by atoms with Crippen molar-refractivity contribution in [3.8, 4) is 0 Å². The Morgan fingerprint density at radius 1 is 1.00 bits per heavy atom. The zero-order chi connectivity index (χ0) is 23.2. The molecule has 1 aromatic heterocycles. The van der Waals surface area contributed by atoms with E-state index in [0.29, 0.717) is 24.2 Å². The summed E-state index contributed by atoms with van der Waals surface area (Å²) in [5, 5.41) is 7.29. The van der Waals surface area contributed by atoms with Crippen molar-refractivity contribution in [2.45, 2.75) is 19.0 Å². The monoisotopic (exact) mass is 505 g/mol. The summed E-state index contributed by atoms with van der Waals surface area (Å²) in [6.07, 6.45) is 2.45. The summed E-state index contributed by atoms with van der Waals surface area (Å²) in [6, 6.07) is 22.3. The highest BCUT2D eigenvalue weighted by Gasteiger charge is 2.20. The largest absolute Gasteiger partial charge is 0.468 e. The smallest absolute Gasteiger partial charge is 0.323 e. The van der Waals surface area contributed by atoms with E-state index in [1.807, 2.05) is 66.9 Å².